The standard InChI is InChI=1S/C14H31N3/c1-11(2)14(17(3)4)10-16-13-8-6-5-7-12(13)9-15/h11-14,16H,5-10,15H2,1-4H3. The number of hydrogen-bond donors (Lipinski definition) is 2. The number of likely N-dealkylation sites (N-methyl/N-ethyl adjacent to an activating group) is 1. The fraction of sp³-hybridized carbons (Fsp3) is 1.00. The Hall–Kier alpha value is -0.120. The third kappa shape index (κ3) is 4.57. The van der Waals surface area contributed by atoms with Crippen LogP contribution in [0.25, 0.3) is 0 Å². The van der Waals surface area contributed by atoms with Gasteiger partial charge in [-0.15, -0.1) is 0 Å². The molecule has 0 radical (unpaired) electrons. The van der Waals surface area contributed by atoms with E-state index in [-0.39, 0.29) is 0 Å². The number of hydrogen-bond acceptors (Lipinski definition) is 3. The molecule has 0 bridgehead atoms. The Bertz CT molecular complexity index is 196. The lowest BCUT2D eigenvalue weighted by atomic mass is 9.84. The second-order valence-electron chi connectivity index (χ2n) is 6.07. The van der Waals surface area contributed by atoms with Crippen molar-refractivity contribution in [2.45, 2.75) is 51.6 Å². The Labute approximate surface area is 107 Å². The van der Waals surface area contributed by atoms with Gasteiger partial charge in [0, 0.05) is 18.6 Å². The zero-order chi connectivity index (χ0) is 12.8. The number of nitrogens with two attached hydrogens (primary N) is 1. The van der Waals surface area contributed by atoms with Crippen molar-refractivity contribution in [3.8, 4) is 0 Å². The molecule has 0 aromatic carbocycles. The molecule has 1 saturated carbocycles. The van der Waals surface area contributed by atoms with E-state index >= 15 is 0 Å². The molecule has 17 heavy (non-hydrogen) atoms. The minimum Gasteiger partial charge on any atom is -0.330 e. The van der Waals surface area contributed by atoms with Crippen molar-refractivity contribution in [1.29, 1.82) is 0 Å². The average Bonchev–Trinajstić information content (AvgIpc) is 2.29. The summed E-state index contributed by atoms with van der Waals surface area (Å²) in [6.07, 6.45) is 5.34. The first-order valence-electron chi connectivity index (χ1n) is 7.16. The lowest BCUT2D eigenvalue weighted by Gasteiger charge is -2.35. The molecule has 0 aliphatic heterocycles. The van der Waals surface area contributed by atoms with Gasteiger partial charge in [-0.25, -0.2) is 0 Å². The van der Waals surface area contributed by atoms with Gasteiger partial charge in [0.25, 0.3) is 0 Å². The molecule has 1 fully saturated rings. The van der Waals surface area contributed by atoms with Crippen LogP contribution in [-0.4, -0.2) is 44.2 Å². The van der Waals surface area contributed by atoms with Crippen LogP contribution in [0, 0.1) is 11.8 Å². The van der Waals surface area contributed by atoms with Crippen molar-refractivity contribution in [3.63, 3.8) is 0 Å². The van der Waals surface area contributed by atoms with Crippen molar-refractivity contribution in [2.24, 2.45) is 17.6 Å². The average molecular weight is 241 g/mol. The smallest absolute Gasteiger partial charge is 0.0237 e. The Morgan fingerprint density at radius 2 is 1.88 bits per heavy atom. The summed E-state index contributed by atoms with van der Waals surface area (Å²) in [5, 5.41) is 3.76. The molecule has 3 N–H and O–H groups in total. The largest absolute Gasteiger partial charge is 0.330 e. The maximum atomic E-state index is 5.87. The number of rotatable bonds is 6. The molecule has 0 heterocycles. The van der Waals surface area contributed by atoms with Crippen LogP contribution in [0.4, 0.5) is 0 Å². The van der Waals surface area contributed by atoms with E-state index in [1.165, 1.54) is 25.7 Å². The van der Waals surface area contributed by atoms with E-state index in [1.807, 2.05) is 0 Å². The molecule has 1 rings (SSSR count). The molecule has 0 saturated heterocycles. The zero-order valence-electron chi connectivity index (χ0n) is 12.1. The molecular formula is C14H31N3. The lowest BCUT2D eigenvalue weighted by Crippen LogP contribution is -2.49. The predicted molar refractivity (Wildman–Crippen MR) is 75.1 cm³/mol. The highest BCUT2D eigenvalue weighted by Gasteiger charge is 2.25. The molecule has 0 aromatic heterocycles. The van der Waals surface area contributed by atoms with Gasteiger partial charge in [-0.1, -0.05) is 26.7 Å². The van der Waals surface area contributed by atoms with Gasteiger partial charge < -0.3 is 16.0 Å². The van der Waals surface area contributed by atoms with E-state index in [1.54, 1.807) is 0 Å². The van der Waals surface area contributed by atoms with E-state index < -0.39 is 0 Å². The second kappa shape index (κ2) is 7.34. The third-order valence-electron chi connectivity index (χ3n) is 4.23. The summed E-state index contributed by atoms with van der Waals surface area (Å²) in [5.74, 6) is 1.39. The van der Waals surface area contributed by atoms with Crippen LogP contribution in [0.15, 0.2) is 0 Å². The molecule has 1 aliphatic carbocycles. The summed E-state index contributed by atoms with van der Waals surface area (Å²) in [4.78, 5) is 2.33. The van der Waals surface area contributed by atoms with Crippen molar-refractivity contribution < 1.29 is 0 Å². The van der Waals surface area contributed by atoms with E-state index in [2.05, 4.69) is 38.2 Å². The van der Waals surface area contributed by atoms with Gasteiger partial charge in [-0.05, 0) is 45.3 Å². The van der Waals surface area contributed by atoms with Gasteiger partial charge in [-0.3, -0.25) is 0 Å². The molecule has 102 valence electrons. The Kier molecular flexibility index (Phi) is 6.45. The van der Waals surface area contributed by atoms with Crippen molar-refractivity contribution >= 4 is 0 Å². The monoisotopic (exact) mass is 241 g/mol. The molecule has 1 aliphatic rings. The fourth-order valence-corrected chi connectivity index (χ4v) is 3.05. The highest BCUT2D eigenvalue weighted by molar-refractivity contribution is 4.84. The summed E-state index contributed by atoms with van der Waals surface area (Å²) in [7, 11) is 4.35. The molecule has 0 aromatic rings. The first-order valence-corrected chi connectivity index (χ1v) is 7.16. The van der Waals surface area contributed by atoms with Gasteiger partial charge in [0.05, 0.1) is 0 Å². The second-order valence-corrected chi connectivity index (χ2v) is 6.07. The third-order valence-corrected chi connectivity index (χ3v) is 4.23. The highest BCUT2D eigenvalue weighted by atomic mass is 15.1. The Balaban J connectivity index is 2.41. The molecule has 3 atom stereocenters. The quantitative estimate of drug-likeness (QED) is 0.743. The maximum Gasteiger partial charge on any atom is 0.0237 e. The predicted octanol–water partition coefficient (Wildman–Crippen LogP) is 1.68. The molecule has 0 spiro atoms. The van der Waals surface area contributed by atoms with E-state index in [9.17, 15) is 0 Å². The van der Waals surface area contributed by atoms with Gasteiger partial charge in [0.1, 0.15) is 0 Å². The van der Waals surface area contributed by atoms with Crippen LogP contribution in [-0.2, 0) is 0 Å². The van der Waals surface area contributed by atoms with Crippen LogP contribution in [0.3, 0.4) is 0 Å². The van der Waals surface area contributed by atoms with Crippen molar-refractivity contribution in [2.75, 3.05) is 27.2 Å². The summed E-state index contributed by atoms with van der Waals surface area (Å²) in [5.41, 5.74) is 5.87. The highest BCUT2D eigenvalue weighted by Crippen LogP contribution is 2.23. The van der Waals surface area contributed by atoms with Crippen LogP contribution < -0.4 is 11.1 Å². The van der Waals surface area contributed by atoms with Gasteiger partial charge >= 0.3 is 0 Å². The summed E-state index contributed by atoms with van der Waals surface area (Å²) in [6.45, 7) is 6.53. The van der Waals surface area contributed by atoms with E-state index in [0.717, 1.165) is 13.1 Å². The lowest BCUT2D eigenvalue weighted by molar-refractivity contribution is 0.194. The molecular weight excluding hydrogens is 210 g/mol. The normalized spacial score (nSPS) is 27.7. The SMILES string of the molecule is CC(C)C(CNC1CCCCC1CN)N(C)C. The first kappa shape index (κ1) is 14.9. The van der Waals surface area contributed by atoms with Crippen LogP contribution >= 0.6 is 0 Å². The van der Waals surface area contributed by atoms with Crippen LogP contribution in [0.5, 0.6) is 0 Å². The summed E-state index contributed by atoms with van der Waals surface area (Å²) < 4.78 is 0. The number of nitrogens with zero attached hydrogens (tertiary/aromatic N) is 1. The summed E-state index contributed by atoms with van der Waals surface area (Å²) in [6, 6.07) is 1.27. The number of nitrogens with one attached hydrogen (secondary N) is 1. The van der Waals surface area contributed by atoms with E-state index in [4.69, 9.17) is 5.73 Å². The zero-order valence-corrected chi connectivity index (χ0v) is 12.1. The maximum absolute atomic E-state index is 5.87. The Morgan fingerprint density at radius 3 is 2.41 bits per heavy atom. The summed E-state index contributed by atoms with van der Waals surface area (Å²) >= 11 is 0. The minimum absolute atomic E-state index is 0.621. The van der Waals surface area contributed by atoms with Gasteiger partial charge in [0.2, 0.25) is 0 Å². The Morgan fingerprint density at radius 1 is 1.24 bits per heavy atom. The molecule has 3 nitrogen and oxygen atoms in total. The van der Waals surface area contributed by atoms with Crippen LogP contribution in [0.2, 0.25) is 0 Å². The first-order chi connectivity index (χ1) is 8.06. The fourth-order valence-electron chi connectivity index (χ4n) is 3.05. The minimum atomic E-state index is 0.621. The molecule has 0 amide bonds. The van der Waals surface area contributed by atoms with Crippen LogP contribution in [0.1, 0.15) is 39.5 Å². The van der Waals surface area contributed by atoms with Gasteiger partial charge in [0.15, 0.2) is 0 Å². The van der Waals surface area contributed by atoms with Crippen molar-refractivity contribution in [3.05, 3.63) is 0 Å². The van der Waals surface area contributed by atoms with Gasteiger partial charge in [-0.2, -0.15) is 0 Å². The molecule has 3 unspecified atom stereocenters. The topological polar surface area (TPSA) is 41.3 Å². The van der Waals surface area contributed by atoms with Crippen molar-refractivity contribution in [1.82, 2.24) is 10.2 Å². The van der Waals surface area contributed by atoms with E-state index in [0.29, 0.717) is 23.9 Å². The molecule has 3 heteroatoms.